The van der Waals surface area contributed by atoms with E-state index < -0.39 is 0 Å². The van der Waals surface area contributed by atoms with Crippen molar-refractivity contribution in [2.45, 2.75) is 57.4 Å². The third-order valence-corrected chi connectivity index (χ3v) is 8.86. The van der Waals surface area contributed by atoms with E-state index in [2.05, 4.69) is 9.88 Å². The summed E-state index contributed by atoms with van der Waals surface area (Å²) in [6, 6.07) is 5.73. The fourth-order valence-corrected chi connectivity index (χ4v) is 7.85. The van der Waals surface area contributed by atoms with E-state index in [1.165, 1.54) is 19.3 Å². The number of nitrogens with zero attached hydrogens (tertiary/aromatic N) is 4. The van der Waals surface area contributed by atoms with Crippen LogP contribution in [-0.2, 0) is 9.59 Å². The Morgan fingerprint density at radius 3 is 2.19 bits per heavy atom. The molecule has 4 bridgehead atoms. The van der Waals surface area contributed by atoms with E-state index in [9.17, 15) is 9.59 Å². The normalized spacial score (nSPS) is 36.8. The van der Waals surface area contributed by atoms with Crippen molar-refractivity contribution in [2.24, 2.45) is 23.2 Å². The number of pyridine rings is 1. The van der Waals surface area contributed by atoms with Crippen molar-refractivity contribution >= 4 is 17.6 Å². The van der Waals surface area contributed by atoms with Gasteiger partial charge in [-0.25, -0.2) is 4.98 Å². The second kappa shape index (κ2) is 7.49. The number of rotatable bonds is 3. The van der Waals surface area contributed by atoms with Crippen LogP contribution in [0.15, 0.2) is 24.4 Å². The van der Waals surface area contributed by atoms with Crippen LogP contribution in [0.25, 0.3) is 0 Å². The summed E-state index contributed by atoms with van der Waals surface area (Å²) in [5.41, 5.74) is -0.144. The van der Waals surface area contributed by atoms with E-state index in [0.29, 0.717) is 19.0 Å². The van der Waals surface area contributed by atoms with Crippen LogP contribution in [0.1, 0.15) is 51.4 Å². The fraction of sp³-hybridized carbons (Fsp3) is 0.720. The molecule has 2 saturated heterocycles. The minimum Gasteiger partial charge on any atom is -0.353 e. The van der Waals surface area contributed by atoms with Crippen LogP contribution < -0.4 is 4.90 Å². The van der Waals surface area contributed by atoms with E-state index in [1.807, 2.05) is 34.2 Å². The molecule has 6 fully saturated rings. The molecule has 6 nitrogen and oxygen atoms in total. The predicted octanol–water partition coefficient (Wildman–Crippen LogP) is 2.94. The number of carbonyl (C=O) groups is 2. The number of likely N-dealkylation sites (tertiary alicyclic amines) is 1. The van der Waals surface area contributed by atoms with E-state index in [1.54, 1.807) is 0 Å². The fourth-order valence-electron chi connectivity index (χ4n) is 7.85. The highest BCUT2D eigenvalue weighted by Gasteiger charge is 2.57. The highest BCUT2D eigenvalue weighted by molar-refractivity contribution is 5.91. The highest BCUT2D eigenvalue weighted by atomic mass is 16.2. The Kier molecular flexibility index (Phi) is 4.73. The van der Waals surface area contributed by atoms with Gasteiger partial charge in [-0.15, -0.1) is 0 Å². The summed E-state index contributed by atoms with van der Waals surface area (Å²) < 4.78 is 0. The zero-order valence-electron chi connectivity index (χ0n) is 18.4. The highest BCUT2D eigenvalue weighted by Crippen LogP contribution is 2.60. The van der Waals surface area contributed by atoms with Gasteiger partial charge < -0.3 is 14.7 Å². The Balaban J connectivity index is 1.13. The van der Waals surface area contributed by atoms with Gasteiger partial charge in [-0.3, -0.25) is 9.59 Å². The number of hydrogen-bond donors (Lipinski definition) is 0. The second-order valence-electron chi connectivity index (χ2n) is 10.9. The van der Waals surface area contributed by atoms with Crippen molar-refractivity contribution in [2.75, 3.05) is 37.6 Å². The Morgan fingerprint density at radius 2 is 1.58 bits per heavy atom. The predicted molar refractivity (Wildman–Crippen MR) is 118 cm³/mol. The number of aromatic nitrogens is 1. The molecule has 1 atom stereocenters. The lowest BCUT2D eigenvalue weighted by Gasteiger charge is -2.56. The van der Waals surface area contributed by atoms with Gasteiger partial charge in [-0.05, 0) is 81.3 Å². The summed E-state index contributed by atoms with van der Waals surface area (Å²) in [5.74, 6) is 3.75. The topological polar surface area (TPSA) is 56.8 Å². The second-order valence-corrected chi connectivity index (χ2v) is 10.9. The molecular weight excluding hydrogens is 388 g/mol. The van der Waals surface area contributed by atoms with E-state index in [-0.39, 0.29) is 17.4 Å². The van der Waals surface area contributed by atoms with Crippen molar-refractivity contribution in [1.82, 2.24) is 14.8 Å². The lowest BCUT2D eigenvalue weighted by molar-refractivity contribution is -0.162. The number of anilines is 1. The SMILES string of the molecule is O=C(C1CCCN1C(=O)C12CC3CC(CC(C3)C1)C2)N1CCN(c2ccccn2)CC1. The summed E-state index contributed by atoms with van der Waals surface area (Å²) in [4.78, 5) is 38.1. The molecular formula is C25H34N4O2. The van der Waals surface area contributed by atoms with Gasteiger partial charge in [0.25, 0.3) is 0 Å². The molecule has 1 aromatic heterocycles. The average Bonchev–Trinajstić information content (AvgIpc) is 3.28. The Labute approximate surface area is 185 Å². The molecule has 0 radical (unpaired) electrons. The minimum atomic E-state index is -0.234. The van der Waals surface area contributed by atoms with Crippen molar-refractivity contribution in [3.8, 4) is 0 Å². The number of amides is 2. The number of carbonyl (C=O) groups excluding carboxylic acids is 2. The first kappa shape index (κ1) is 19.6. The summed E-state index contributed by atoms with van der Waals surface area (Å²) >= 11 is 0. The molecule has 0 N–H and O–H groups in total. The molecule has 0 aromatic carbocycles. The van der Waals surface area contributed by atoms with Crippen LogP contribution in [0.3, 0.4) is 0 Å². The van der Waals surface area contributed by atoms with Crippen molar-refractivity contribution in [3.05, 3.63) is 24.4 Å². The van der Waals surface area contributed by atoms with Crippen LogP contribution in [0, 0.1) is 23.2 Å². The third-order valence-electron chi connectivity index (χ3n) is 8.86. The summed E-state index contributed by atoms with van der Waals surface area (Å²) in [6.45, 7) is 3.80. The van der Waals surface area contributed by atoms with Crippen molar-refractivity contribution in [1.29, 1.82) is 0 Å². The van der Waals surface area contributed by atoms with Gasteiger partial charge in [0.15, 0.2) is 0 Å². The van der Waals surface area contributed by atoms with Crippen LogP contribution in [0.4, 0.5) is 5.82 Å². The number of hydrogen-bond acceptors (Lipinski definition) is 4. The van der Waals surface area contributed by atoms with Gasteiger partial charge in [0, 0.05) is 38.9 Å². The van der Waals surface area contributed by atoms with Gasteiger partial charge in [0.05, 0.1) is 5.41 Å². The van der Waals surface area contributed by atoms with E-state index in [0.717, 1.165) is 75.3 Å². The standard InChI is InChI=1S/C25H34N4O2/c30-23(28-10-8-27(9-11-28)22-5-1-2-6-26-22)21-4-3-7-29(21)24(31)25-15-18-12-19(16-25)14-20(13-18)17-25/h1-2,5-6,18-21H,3-4,7-17H2. The van der Waals surface area contributed by atoms with Gasteiger partial charge in [0.1, 0.15) is 11.9 Å². The molecule has 1 aromatic rings. The van der Waals surface area contributed by atoms with Crippen LogP contribution in [0.2, 0.25) is 0 Å². The molecule has 3 heterocycles. The van der Waals surface area contributed by atoms with Crippen LogP contribution in [0.5, 0.6) is 0 Å². The van der Waals surface area contributed by atoms with Gasteiger partial charge in [-0.1, -0.05) is 6.07 Å². The maximum atomic E-state index is 13.9. The molecule has 6 aliphatic rings. The third kappa shape index (κ3) is 3.33. The molecule has 4 saturated carbocycles. The molecule has 4 aliphatic carbocycles. The van der Waals surface area contributed by atoms with Crippen LogP contribution in [-0.4, -0.2) is 65.4 Å². The molecule has 1 unspecified atom stereocenters. The lowest BCUT2D eigenvalue weighted by Crippen LogP contribution is -2.59. The summed E-state index contributed by atoms with van der Waals surface area (Å²) in [7, 11) is 0. The molecule has 166 valence electrons. The van der Waals surface area contributed by atoms with Gasteiger partial charge >= 0.3 is 0 Å². The zero-order valence-corrected chi connectivity index (χ0v) is 18.4. The molecule has 7 rings (SSSR count). The zero-order chi connectivity index (χ0) is 21.0. The summed E-state index contributed by atoms with van der Waals surface area (Å²) in [6.07, 6.45) is 10.9. The first-order valence-corrected chi connectivity index (χ1v) is 12.4. The Morgan fingerprint density at radius 1 is 0.903 bits per heavy atom. The molecule has 2 amide bonds. The monoisotopic (exact) mass is 422 g/mol. The van der Waals surface area contributed by atoms with Gasteiger partial charge in [0.2, 0.25) is 11.8 Å². The largest absolute Gasteiger partial charge is 0.353 e. The molecule has 6 heteroatoms. The number of piperazine rings is 1. The van der Waals surface area contributed by atoms with Gasteiger partial charge in [-0.2, -0.15) is 0 Å². The molecule has 2 aliphatic heterocycles. The first-order chi connectivity index (χ1) is 15.1. The lowest BCUT2D eigenvalue weighted by atomic mass is 9.49. The smallest absolute Gasteiger partial charge is 0.245 e. The average molecular weight is 423 g/mol. The Hall–Kier alpha value is -2.11. The van der Waals surface area contributed by atoms with E-state index in [4.69, 9.17) is 0 Å². The van der Waals surface area contributed by atoms with E-state index >= 15 is 0 Å². The summed E-state index contributed by atoms with van der Waals surface area (Å²) in [5, 5.41) is 0. The minimum absolute atomic E-state index is 0.144. The molecule has 31 heavy (non-hydrogen) atoms. The van der Waals surface area contributed by atoms with Crippen molar-refractivity contribution in [3.63, 3.8) is 0 Å². The molecule has 0 spiro atoms. The van der Waals surface area contributed by atoms with Crippen molar-refractivity contribution < 1.29 is 9.59 Å². The van der Waals surface area contributed by atoms with Crippen LogP contribution >= 0.6 is 0 Å². The maximum absolute atomic E-state index is 13.9. The Bertz CT molecular complexity index is 813. The first-order valence-electron chi connectivity index (χ1n) is 12.4. The maximum Gasteiger partial charge on any atom is 0.245 e. The quantitative estimate of drug-likeness (QED) is 0.752.